The predicted molar refractivity (Wildman–Crippen MR) is 97.6 cm³/mol. The van der Waals surface area contributed by atoms with E-state index in [1.54, 1.807) is 7.11 Å². The van der Waals surface area contributed by atoms with Crippen molar-refractivity contribution < 1.29 is 14.3 Å². The number of amides is 1. The summed E-state index contributed by atoms with van der Waals surface area (Å²) in [6.07, 6.45) is 0.962. The number of carbonyl (C=O) groups is 1. The van der Waals surface area contributed by atoms with E-state index in [4.69, 9.17) is 9.47 Å². The second-order valence-electron chi connectivity index (χ2n) is 5.37. The molecule has 0 aliphatic carbocycles. The molecule has 0 atom stereocenters. The van der Waals surface area contributed by atoms with Gasteiger partial charge in [-0.15, -0.1) is 12.4 Å². The van der Waals surface area contributed by atoms with Gasteiger partial charge in [-0.05, 0) is 54.4 Å². The molecule has 2 aromatic rings. The number of benzene rings is 2. The molecular weight excluding hydrogens is 328 g/mol. The molecule has 2 aromatic carbocycles. The van der Waals surface area contributed by atoms with E-state index in [9.17, 15) is 4.79 Å². The van der Waals surface area contributed by atoms with Gasteiger partial charge in [0.25, 0.3) is 5.91 Å². The maximum absolute atomic E-state index is 12.3. The SMILES string of the molecule is COCCOc1ccc(NC(=O)c2ccc3c(c2)CCN3)cc1.Cl. The monoisotopic (exact) mass is 348 g/mol. The normalized spacial score (nSPS) is 11.9. The van der Waals surface area contributed by atoms with Crippen LogP contribution in [0, 0.1) is 0 Å². The number of carbonyl (C=O) groups excluding carboxylic acids is 1. The molecule has 128 valence electrons. The van der Waals surface area contributed by atoms with E-state index in [1.807, 2.05) is 42.5 Å². The number of anilines is 2. The highest BCUT2D eigenvalue weighted by molar-refractivity contribution is 6.04. The van der Waals surface area contributed by atoms with Crippen LogP contribution in [0.25, 0.3) is 0 Å². The van der Waals surface area contributed by atoms with Gasteiger partial charge in [-0.3, -0.25) is 4.79 Å². The van der Waals surface area contributed by atoms with E-state index in [2.05, 4.69) is 10.6 Å². The lowest BCUT2D eigenvalue weighted by Gasteiger charge is -2.09. The number of methoxy groups -OCH3 is 1. The Morgan fingerprint density at radius 1 is 1.17 bits per heavy atom. The van der Waals surface area contributed by atoms with Crippen LogP contribution in [0.15, 0.2) is 42.5 Å². The maximum Gasteiger partial charge on any atom is 0.255 e. The minimum atomic E-state index is -0.104. The Morgan fingerprint density at radius 3 is 2.71 bits per heavy atom. The zero-order valence-corrected chi connectivity index (χ0v) is 14.3. The first-order valence-electron chi connectivity index (χ1n) is 7.66. The lowest BCUT2D eigenvalue weighted by atomic mass is 10.1. The van der Waals surface area contributed by atoms with E-state index in [-0.39, 0.29) is 18.3 Å². The van der Waals surface area contributed by atoms with Crippen molar-refractivity contribution in [3.05, 3.63) is 53.6 Å². The Hall–Kier alpha value is -2.24. The number of nitrogens with one attached hydrogen (secondary N) is 2. The number of rotatable bonds is 6. The summed E-state index contributed by atoms with van der Waals surface area (Å²) in [6, 6.07) is 13.1. The third-order valence-electron chi connectivity index (χ3n) is 3.75. The van der Waals surface area contributed by atoms with Gasteiger partial charge in [-0.2, -0.15) is 0 Å². The Kier molecular flexibility index (Phi) is 6.46. The van der Waals surface area contributed by atoms with Crippen LogP contribution in [0.2, 0.25) is 0 Å². The fraction of sp³-hybridized carbons (Fsp3) is 0.278. The van der Waals surface area contributed by atoms with Crippen molar-refractivity contribution in [2.75, 3.05) is 37.5 Å². The highest BCUT2D eigenvalue weighted by atomic mass is 35.5. The summed E-state index contributed by atoms with van der Waals surface area (Å²) in [5.74, 6) is 0.649. The van der Waals surface area contributed by atoms with E-state index in [0.717, 1.165) is 30.1 Å². The average Bonchev–Trinajstić information content (AvgIpc) is 3.04. The molecular formula is C18H21ClN2O3. The second-order valence-corrected chi connectivity index (χ2v) is 5.37. The maximum atomic E-state index is 12.3. The second kappa shape index (κ2) is 8.57. The van der Waals surface area contributed by atoms with Crippen LogP contribution in [0.4, 0.5) is 11.4 Å². The first-order chi connectivity index (χ1) is 11.3. The zero-order chi connectivity index (χ0) is 16.1. The third kappa shape index (κ3) is 4.40. The minimum Gasteiger partial charge on any atom is -0.491 e. The zero-order valence-electron chi connectivity index (χ0n) is 13.5. The number of hydrogen-bond donors (Lipinski definition) is 2. The number of halogens is 1. The highest BCUT2D eigenvalue weighted by Crippen LogP contribution is 2.23. The molecule has 1 heterocycles. The van der Waals surface area contributed by atoms with E-state index < -0.39 is 0 Å². The molecule has 0 aromatic heterocycles. The molecule has 1 aliphatic heterocycles. The molecule has 6 heteroatoms. The Bertz CT molecular complexity index is 689. The standard InChI is InChI=1S/C18H20N2O3.ClH/c1-22-10-11-23-16-5-3-15(4-6-16)20-18(21)14-2-7-17-13(12-14)8-9-19-17;/h2-7,12,19H,8-11H2,1H3,(H,20,21);1H. The van der Waals surface area contributed by atoms with E-state index in [1.165, 1.54) is 5.56 Å². The molecule has 0 saturated heterocycles. The summed E-state index contributed by atoms with van der Waals surface area (Å²) in [6.45, 7) is 1.99. The fourth-order valence-corrected chi connectivity index (χ4v) is 2.53. The summed E-state index contributed by atoms with van der Waals surface area (Å²) in [7, 11) is 1.64. The Morgan fingerprint density at radius 2 is 1.96 bits per heavy atom. The van der Waals surface area contributed by atoms with Gasteiger partial charge in [-0.1, -0.05) is 0 Å². The molecule has 0 unspecified atom stereocenters. The van der Waals surface area contributed by atoms with Gasteiger partial charge in [0.1, 0.15) is 12.4 Å². The van der Waals surface area contributed by atoms with Crippen molar-refractivity contribution in [1.82, 2.24) is 0 Å². The van der Waals surface area contributed by atoms with Crippen LogP contribution in [0.5, 0.6) is 5.75 Å². The predicted octanol–water partition coefficient (Wildman–Crippen LogP) is 3.35. The van der Waals surface area contributed by atoms with Crippen molar-refractivity contribution in [3.8, 4) is 5.75 Å². The third-order valence-corrected chi connectivity index (χ3v) is 3.75. The van der Waals surface area contributed by atoms with Gasteiger partial charge in [0, 0.05) is 30.6 Å². The summed E-state index contributed by atoms with van der Waals surface area (Å²) in [4.78, 5) is 12.3. The number of hydrogen-bond acceptors (Lipinski definition) is 4. The molecule has 1 aliphatic rings. The van der Waals surface area contributed by atoms with Crippen molar-refractivity contribution >= 4 is 29.7 Å². The fourth-order valence-electron chi connectivity index (χ4n) is 2.53. The van der Waals surface area contributed by atoms with Gasteiger partial charge in [0.05, 0.1) is 6.61 Å². The van der Waals surface area contributed by atoms with Gasteiger partial charge >= 0.3 is 0 Å². The first kappa shape index (κ1) is 18.1. The topological polar surface area (TPSA) is 59.6 Å². The summed E-state index contributed by atoms with van der Waals surface area (Å²) >= 11 is 0. The Labute approximate surface area is 147 Å². The van der Waals surface area contributed by atoms with Gasteiger partial charge in [-0.25, -0.2) is 0 Å². The van der Waals surface area contributed by atoms with Crippen molar-refractivity contribution in [1.29, 1.82) is 0 Å². The van der Waals surface area contributed by atoms with Crippen LogP contribution >= 0.6 is 12.4 Å². The lowest BCUT2D eigenvalue weighted by Crippen LogP contribution is -2.12. The van der Waals surface area contributed by atoms with Crippen LogP contribution in [-0.2, 0) is 11.2 Å². The van der Waals surface area contributed by atoms with Crippen LogP contribution in [0.1, 0.15) is 15.9 Å². The first-order valence-corrected chi connectivity index (χ1v) is 7.66. The van der Waals surface area contributed by atoms with Crippen molar-refractivity contribution in [2.24, 2.45) is 0 Å². The van der Waals surface area contributed by atoms with Crippen molar-refractivity contribution in [2.45, 2.75) is 6.42 Å². The lowest BCUT2D eigenvalue weighted by molar-refractivity contribution is 0.102. The molecule has 0 radical (unpaired) electrons. The smallest absolute Gasteiger partial charge is 0.255 e. The summed E-state index contributed by atoms with van der Waals surface area (Å²) in [5.41, 5.74) is 3.74. The molecule has 5 nitrogen and oxygen atoms in total. The molecule has 0 fully saturated rings. The van der Waals surface area contributed by atoms with Gasteiger partial charge < -0.3 is 20.1 Å². The quantitative estimate of drug-likeness (QED) is 0.786. The molecule has 1 amide bonds. The van der Waals surface area contributed by atoms with Gasteiger partial charge in [0.15, 0.2) is 0 Å². The molecule has 0 spiro atoms. The van der Waals surface area contributed by atoms with Crippen molar-refractivity contribution in [3.63, 3.8) is 0 Å². The molecule has 24 heavy (non-hydrogen) atoms. The average molecular weight is 349 g/mol. The van der Waals surface area contributed by atoms with E-state index in [0.29, 0.717) is 18.8 Å². The molecule has 3 rings (SSSR count). The summed E-state index contributed by atoms with van der Waals surface area (Å²) in [5, 5.41) is 6.19. The molecule has 0 bridgehead atoms. The van der Waals surface area contributed by atoms with Crippen LogP contribution < -0.4 is 15.4 Å². The summed E-state index contributed by atoms with van der Waals surface area (Å²) < 4.78 is 10.4. The largest absolute Gasteiger partial charge is 0.491 e. The van der Waals surface area contributed by atoms with E-state index >= 15 is 0 Å². The molecule has 0 saturated carbocycles. The van der Waals surface area contributed by atoms with Crippen LogP contribution in [0.3, 0.4) is 0 Å². The number of fused-ring (bicyclic) bond motifs is 1. The number of ether oxygens (including phenoxy) is 2. The highest BCUT2D eigenvalue weighted by Gasteiger charge is 2.13. The molecule has 2 N–H and O–H groups in total. The van der Waals surface area contributed by atoms with Crippen LogP contribution in [-0.4, -0.2) is 32.8 Å². The minimum absolute atomic E-state index is 0. The van der Waals surface area contributed by atoms with Gasteiger partial charge in [0.2, 0.25) is 0 Å². The Balaban J connectivity index is 0.00000208.